The average Bonchev–Trinajstić information content (AvgIpc) is 2.87. The number of carboxylic acids is 1. The fourth-order valence-electron chi connectivity index (χ4n) is 4.73. The van der Waals surface area contributed by atoms with Crippen LogP contribution < -0.4 is 11.1 Å². The van der Waals surface area contributed by atoms with Crippen molar-refractivity contribution in [3.8, 4) is 16.9 Å². The Hall–Kier alpha value is -3.72. The lowest BCUT2D eigenvalue weighted by atomic mass is 9.96. The third-order valence-electron chi connectivity index (χ3n) is 6.85. The maximum absolute atomic E-state index is 11.5. The summed E-state index contributed by atoms with van der Waals surface area (Å²) in [5, 5.41) is 23.1. The molecule has 37 heavy (non-hydrogen) atoms. The van der Waals surface area contributed by atoms with Crippen LogP contribution in [0.25, 0.3) is 11.1 Å². The molecule has 1 amide bonds. The number of carbonyl (C=O) groups excluding carboxylic acids is 1. The first kappa shape index (κ1) is 26.3. The molecule has 0 radical (unpaired) electrons. The number of ether oxygens (including phenoxy) is 1. The second kappa shape index (κ2) is 11.6. The lowest BCUT2D eigenvalue weighted by molar-refractivity contribution is -0.0116. The SMILES string of the molecule is Cc1cc(C(N)=O)ccc1-c1cc(O)cc(CN2CCOCC2CN[C@@H](C)c2ccc(C(=O)O)cc2)c1. The molecule has 8 nitrogen and oxygen atoms in total. The molecule has 2 atom stereocenters. The molecule has 0 aliphatic carbocycles. The number of morpholine rings is 1. The molecule has 0 aromatic heterocycles. The van der Waals surface area contributed by atoms with E-state index < -0.39 is 11.9 Å². The molecule has 1 fully saturated rings. The van der Waals surface area contributed by atoms with E-state index in [1.54, 1.807) is 36.4 Å². The third-order valence-corrected chi connectivity index (χ3v) is 6.85. The Morgan fingerprint density at radius 2 is 1.84 bits per heavy atom. The summed E-state index contributed by atoms with van der Waals surface area (Å²) in [7, 11) is 0. The fourth-order valence-corrected chi connectivity index (χ4v) is 4.73. The molecule has 3 aromatic carbocycles. The van der Waals surface area contributed by atoms with Crippen LogP contribution in [-0.2, 0) is 11.3 Å². The van der Waals surface area contributed by atoms with Gasteiger partial charge in [-0.15, -0.1) is 0 Å². The van der Waals surface area contributed by atoms with Gasteiger partial charge in [-0.3, -0.25) is 9.69 Å². The van der Waals surface area contributed by atoms with Crippen LogP contribution in [-0.4, -0.2) is 59.3 Å². The Balaban J connectivity index is 1.45. The van der Waals surface area contributed by atoms with Crippen molar-refractivity contribution in [2.45, 2.75) is 32.5 Å². The van der Waals surface area contributed by atoms with Crippen LogP contribution in [0.4, 0.5) is 0 Å². The highest BCUT2D eigenvalue weighted by molar-refractivity contribution is 5.93. The average molecular weight is 504 g/mol. The Kier molecular flexibility index (Phi) is 8.23. The van der Waals surface area contributed by atoms with Crippen molar-refractivity contribution in [1.29, 1.82) is 0 Å². The minimum Gasteiger partial charge on any atom is -0.508 e. The number of nitrogens with one attached hydrogen (secondary N) is 1. The van der Waals surface area contributed by atoms with E-state index in [0.717, 1.165) is 34.4 Å². The zero-order chi connectivity index (χ0) is 26.5. The van der Waals surface area contributed by atoms with E-state index in [-0.39, 0.29) is 23.4 Å². The number of hydrogen-bond acceptors (Lipinski definition) is 6. The molecule has 1 aliphatic rings. The Bertz CT molecular complexity index is 1280. The highest BCUT2D eigenvalue weighted by Crippen LogP contribution is 2.30. The normalized spacial score (nSPS) is 16.9. The summed E-state index contributed by atoms with van der Waals surface area (Å²) >= 11 is 0. The third kappa shape index (κ3) is 6.54. The summed E-state index contributed by atoms with van der Waals surface area (Å²) < 4.78 is 5.76. The number of aromatic carboxylic acids is 1. The maximum atomic E-state index is 11.5. The van der Waals surface area contributed by atoms with Gasteiger partial charge in [-0.25, -0.2) is 4.79 Å². The molecular formula is C29H33N3O5. The number of carbonyl (C=O) groups is 2. The van der Waals surface area contributed by atoms with Gasteiger partial charge in [0, 0.05) is 37.3 Å². The number of hydrogen-bond donors (Lipinski definition) is 4. The van der Waals surface area contributed by atoms with Gasteiger partial charge in [0.2, 0.25) is 5.91 Å². The number of nitrogens with two attached hydrogens (primary N) is 1. The van der Waals surface area contributed by atoms with Crippen LogP contribution in [0.1, 0.15) is 50.4 Å². The van der Waals surface area contributed by atoms with Gasteiger partial charge in [0.05, 0.1) is 18.8 Å². The second-order valence-electron chi connectivity index (χ2n) is 9.54. The van der Waals surface area contributed by atoms with Crippen LogP contribution in [0.5, 0.6) is 5.75 Å². The summed E-state index contributed by atoms with van der Waals surface area (Å²) in [6.45, 7) is 7.32. The van der Waals surface area contributed by atoms with Gasteiger partial charge < -0.3 is 26.0 Å². The van der Waals surface area contributed by atoms with E-state index >= 15 is 0 Å². The summed E-state index contributed by atoms with van der Waals surface area (Å²) in [5.41, 5.74) is 10.9. The van der Waals surface area contributed by atoms with Gasteiger partial charge in [0.25, 0.3) is 0 Å². The number of aryl methyl sites for hydroxylation is 1. The Morgan fingerprint density at radius 3 is 2.51 bits per heavy atom. The molecule has 5 N–H and O–H groups in total. The molecule has 1 unspecified atom stereocenters. The highest BCUT2D eigenvalue weighted by atomic mass is 16.5. The number of benzene rings is 3. The number of phenolic OH excluding ortho intramolecular Hbond substituents is 1. The fraction of sp³-hybridized carbons (Fsp3) is 0.310. The molecule has 0 saturated carbocycles. The van der Waals surface area contributed by atoms with Crippen LogP contribution in [0.15, 0.2) is 60.7 Å². The topological polar surface area (TPSA) is 125 Å². The lowest BCUT2D eigenvalue weighted by Gasteiger charge is -2.36. The van der Waals surface area contributed by atoms with E-state index in [2.05, 4.69) is 23.2 Å². The summed E-state index contributed by atoms with van der Waals surface area (Å²) in [6, 6.07) is 18.0. The minimum atomic E-state index is -0.935. The molecule has 0 bridgehead atoms. The van der Waals surface area contributed by atoms with Crippen LogP contribution in [0.2, 0.25) is 0 Å². The maximum Gasteiger partial charge on any atom is 0.335 e. The first-order chi connectivity index (χ1) is 17.7. The van der Waals surface area contributed by atoms with Crippen LogP contribution >= 0.6 is 0 Å². The molecule has 1 saturated heterocycles. The van der Waals surface area contributed by atoms with Gasteiger partial charge in [-0.2, -0.15) is 0 Å². The minimum absolute atomic E-state index is 0.0466. The van der Waals surface area contributed by atoms with Gasteiger partial charge in [0.15, 0.2) is 0 Å². The predicted molar refractivity (Wildman–Crippen MR) is 142 cm³/mol. The van der Waals surface area contributed by atoms with E-state index in [4.69, 9.17) is 15.6 Å². The quantitative estimate of drug-likeness (QED) is 0.351. The standard InChI is InChI=1S/C29H33N3O5/c1-18-11-23(28(30)34)7-8-27(18)24-12-20(13-26(33)14-24)16-32-9-10-37-17-25(32)15-31-19(2)21-3-5-22(6-4-21)29(35)36/h3-8,11-14,19,25,31,33H,9-10,15-17H2,1-2H3,(H2,30,34)(H,35,36)/t19-,25?/m0/s1. The summed E-state index contributed by atoms with van der Waals surface area (Å²) in [4.78, 5) is 25.0. The van der Waals surface area contributed by atoms with Crippen molar-refractivity contribution in [1.82, 2.24) is 10.2 Å². The molecule has 3 aromatic rings. The highest BCUT2D eigenvalue weighted by Gasteiger charge is 2.24. The summed E-state index contributed by atoms with van der Waals surface area (Å²) in [5.74, 6) is -1.22. The van der Waals surface area contributed by atoms with Gasteiger partial charge >= 0.3 is 5.97 Å². The second-order valence-corrected chi connectivity index (χ2v) is 9.54. The Labute approximate surface area is 216 Å². The van der Waals surface area contributed by atoms with Crippen LogP contribution in [0, 0.1) is 6.92 Å². The van der Waals surface area contributed by atoms with Crippen molar-refractivity contribution >= 4 is 11.9 Å². The molecular weight excluding hydrogens is 470 g/mol. The largest absolute Gasteiger partial charge is 0.508 e. The van der Waals surface area contributed by atoms with Crippen molar-refractivity contribution in [3.63, 3.8) is 0 Å². The molecule has 1 heterocycles. The number of nitrogens with zero attached hydrogens (tertiary/aromatic N) is 1. The number of amides is 1. The first-order valence-electron chi connectivity index (χ1n) is 12.3. The number of phenols is 1. The van der Waals surface area contributed by atoms with Gasteiger partial charge in [0.1, 0.15) is 5.75 Å². The number of aromatic hydroxyl groups is 1. The smallest absolute Gasteiger partial charge is 0.335 e. The Morgan fingerprint density at radius 1 is 1.11 bits per heavy atom. The van der Waals surface area contributed by atoms with Gasteiger partial charge in [-0.1, -0.05) is 18.2 Å². The van der Waals surface area contributed by atoms with E-state index in [9.17, 15) is 14.7 Å². The number of primary amides is 1. The van der Waals surface area contributed by atoms with Crippen molar-refractivity contribution < 1.29 is 24.5 Å². The van der Waals surface area contributed by atoms with Crippen molar-refractivity contribution in [3.05, 3.63) is 88.5 Å². The number of rotatable bonds is 9. The zero-order valence-electron chi connectivity index (χ0n) is 21.1. The molecule has 194 valence electrons. The molecule has 0 spiro atoms. The molecule has 4 rings (SSSR count). The van der Waals surface area contributed by atoms with Crippen molar-refractivity contribution in [2.75, 3.05) is 26.3 Å². The van der Waals surface area contributed by atoms with Crippen molar-refractivity contribution in [2.24, 2.45) is 5.73 Å². The molecule has 8 heteroatoms. The van der Waals surface area contributed by atoms with E-state index in [1.807, 2.05) is 25.1 Å². The lowest BCUT2D eigenvalue weighted by Crippen LogP contribution is -2.50. The van der Waals surface area contributed by atoms with E-state index in [0.29, 0.717) is 31.9 Å². The van der Waals surface area contributed by atoms with Gasteiger partial charge in [-0.05, 0) is 84.1 Å². The predicted octanol–water partition coefficient (Wildman–Crippen LogP) is 3.72. The summed E-state index contributed by atoms with van der Waals surface area (Å²) in [6.07, 6.45) is 0. The first-order valence-corrected chi connectivity index (χ1v) is 12.3. The van der Waals surface area contributed by atoms with E-state index in [1.165, 1.54) is 0 Å². The zero-order valence-corrected chi connectivity index (χ0v) is 21.1. The monoisotopic (exact) mass is 503 g/mol. The number of carboxylic acid groups (broad SMARTS) is 1. The van der Waals surface area contributed by atoms with Crippen LogP contribution in [0.3, 0.4) is 0 Å². The molecule has 1 aliphatic heterocycles.